The van der Waals surface area contributed by atoms with Crippen molar-refractivity contribution >= 4 is 60.0 Å². The van der Waals surface area contributed by atoms with E-state index >= 15 is 0 Å². The first-order chi connectivity index (χ1) is 21.4. The van der Waals surface area contributed by atoms with E-state index in [2.05, 4.69) is 10.3 Å². The van der Waals surface area contributed by atoms with Crippen molar-refractivity contribution in [3.63, 3.8) is 0 Å². The highest BCUT2D eigenvalue weighted by Gasteiger charge is 2.26. The fraction of sp³-hybridized carbons (Fsp3) is 0.121. The molecule has 226 valence electrons. The second kappa shape index (κ2) is 10.0. The lowest BCUT2D eigenvalue weighted by Crippen LogP contribution is -2.25. The number of carbonyl (C=O) groups excluding carboxylic acids is 1. The number of sulfonamides is 1. The summed E-state index contributed by atoms with van der Waals surface area (Å²) in [6.07, 6.45) is 1.09. The van der Waals surface area contributed by atoms with E-state index in [-0.39, 0.29) is 11.6 Å². The molecule has 3 aromatic carbocycles. The number of fused-ring (bicyclic) bond motifs is 6. The van der Waals surface area contributed by atoms with Crippen LogP contribution in [0.2, 0.25) is 0 Å². The zero-order valence-electron chi connectivity index (χ0n) is 24.6. The minimum absolute atomic E-state index is 0.271. The van der Waals surface area contributed by atoms with Crippen LogP contribution in [-0.2, 0) is 10.0 Å². The lowest BCUT2D eigenvalue weighted by Gasteiger charge is -2.20. The van der Waals surface area contributed by atoms with Gasteiger partial charge in [-0.2, -0.15) is 0 Å². The van der Waals surface area contributed by atoms with Gasteiger partial charge in [0.05, 0.1) is 39.8 Å². The van der Waals surface area contributed by atoms with Gasteiger partial charge in [0.2, 0.25) is 10.0 Å². The number of anilines is 1. The van der Waals surface area contributed by atoms with Crippen molar-refractivity contribution in [2.24, 2.45) is 0 Å². The first-order valence-electron chi connectivity index (χ1n) is 13.9. The molecule has 0 radical (unpaired) electrons. The van der Waals surface area contributed by atoms with Crippen molar-refractivity contribution in [2.45, 2.75) is 6.92 Å². The van der Waals surface area contributed by atoms with Gasteiger partial charge in [-0.15, -0.1) is 0 Å². The number of rotatable bonds is 5. The predicted octanol–water partition coefficient (Wildman–Crippen LogP) is 5.61. The molecule has 45 heavy (non-hydrogen) atoms. The van der Waals surface area contributed by atoms with Crippen LogP contribution < -0.4 is 15.3 Å². The molecule has 4 aromatic heterocycles. The normalized spacial score (nSPS) is 12.0. The Bertz CT molecular complexity index is 2530. The van der Waals surface area contributed by atoms with Crippen LogP contribution in [0.1, 0.15) is 15.9 Å². The molecule has 4 heterocycles. The van der Waals surface area contributed by atoms with Gasteiger partial charge in [-0.05, 0) is 49.4 Å². The Hall–Kier alpha value is -5.49. The van der Waals surface area contributed by atoms with Gasteiger partial charge in [-0.1, -0.05) is 29.8 Å². The van der Waals surface area contributed by atoms with E-state index in [1.165, 1.54) is 36.7 Å². The summed E-state index contributed by atoms with van der Waals surface area (Å²) in [7, 11) is -0.793. The average Bonchev–Trinajstić information content (AvgIpc) is 3.58. The van der Waals surface area contributed by atoms with Gasteiger partial charge in [-0.3, -0.25) is 13.5 Å². The number of aromatic nitrogens is 3. The number of amides is 1. The SMILES string of the molecule is CNC(=O)c1c(-c2ccc(C)cc2)oc2cc(N(C)S(C)(=O)=O)c(-c3ccc4[nH]c(=O)n5c6ccc(F)cc6cc5c4n3)cc12. The average molecular weight is 624 g/mol. The summed E-state index contributed by atoms with van der Waals surface area (Å²) in [5, 5.41) is 3.67. The number of pyridine rings is 1. The Morgan fingerprint density at radius 2 is 1.78 bits per heavy atom. The topological polar surface area (TPSA) is 130 Å². The lowest BCUT2D eigenvalue weighted by atomic mass is 10.00. The van der Waals surface area contributed by atoms with Crippen molar-refractivity contribution < 1.29 is 22.0 Å². The molecule has 0 bridgehead atoms. The highest BCUT2D eigenvalue weighted by molar-refractivity contribution is 7.92. The van der Waals surface area contributed by atoms with Crippen LogP contribution in [0.15, 0.2) is 82.0 Å². The molecule has 7 aromatic rings. The van der Waals surface area contributed by atoms with Gasteiger partial charge in [0, 0.05) is 42.1 Å². The van der Waals surface area contributed by atoms with E-state index in [9.17, 15) is 22.4 Å². The number of aromatic amines is 1. The summed E-state index contributed by atoms with van der Waals surface area (Å²) in [6.45, 7) is 1.95. The third kappa shape index (κ3) is 4.52. The standard InChI is InChI=1S/C33H26FN5O5S/c1-17-5-7-18(8-6-17)31-29(32(40)35-2)22-15-21(26(16-28(22)44-31)38(3)45(4,42)43)23-10-11-24-30(36-23)27-14-19-13-20(34)9-12-25(19)39(27)33(41)37-24/h5-16H,1-4H3,(H,35,40)(H,37,41). The van der Waals surface area contributed by atoms with E-state index in [4.69, 9.17) is 9.40 Å². The number of H-pyrrole nitrogens is 1. The zero-order valence-corrected chi connectivity index (χ0v) is 25.4. The van der Waals surface area contributed by atoms with Crippen LogP contribution in [-0.4, -0.2) is 49.0 Å². The van der Waals surface area contributed by atoms with Crippen LogP contribution >= 0.6 is 0 Å². The number of furan rings is 1. The summed E-state index contributed by atoms with van der Waals surface area (Å²) in [5.74, 6) is -0.476. The minimum atomic E-state index is -3.74. The second-order valence-corrected chi connectivity index (χ2v) is 13.0. The number of halogens is 1. The number of carbonyl (C=O) groups is 1. The van der Waals surface area contributed by atoms with E-state index in [0.29, 0.717) is 66.6 Å². The number of hydrogen-bond donors (Lipinski definition) is 2. The molecule has 0 aliphatic rings. The molecule has 0 aliphatic carbocycles. The third-order valence-electron chi connectivity index (χ3n) is 8.03. The fourth-order valence-electron chi connectivity index (χ4n) is 5.69. The summed E-state index contributed by atoms with van der Waals surface area (Å²) in [6, 6.07) is 20.0. The summed E-state index contributed by atoms with van der Waals surface area (Å²) < 4.78 is 48.5. The summed E-state index contributed by atoms with van der Waals surface area (Å²) in [5.41, 5.74) is 4.78. The van der Waals surface area contributed by atoms with E-state index in [1.807, 2.05) is 31.2 Å². The molecule has 0 unspecified atom stereocenters. The number of nitrogens with zero attached hydrogens (tertiary/aromatic N) is 3. The molecule has 0 spiro atoms. The molecule has 12 heteroatoms. The van der Waals surface area contributed by atoms with Crippen molar-refractivity contribution in [3.8, 4) is 22.6 Å². The van der Waals surface area contributed by atoms with Crippen LogP contribution in [0, 0.1) is 12.7 Å². The Balaban J connectivity index is 1.55. The Labute approximate surface area is 255 Å². The number of hydrogen-bond acceptors (Lipinski definition) is 6. The smallest absolute Gasteiger partial charge is 0.331 e. The second-order valence-electron chi connectivity index (χ2n) is 10.9. The van der Waals surface area contributed by atoms with Crippen molar-refractivity contribution in [1.29, 1.82) is 0 Å². The van der Waals surface area contributed by atoms with Gasteiger partial charge in [0.25, 0.3) is 5.91 Å². The van der Waals surface area contributed by atoms with E-state index < -0.39 is 21.5 Å². The number of nitrogens with one attached hydrogen (secondary N) is 2. The quantitative estimate of drug-likeness (QED) is 0.256. The first-order valence-corrected chi connectivity index (χ1v) is 15.8. The molecule has 0 fully saturated rings. The van der Waals surface area contributed by atoms with Gasteiger partial charge in [0.1, 0.15) is 22.7 Å². The number of aryl methyl sites for hydroxylation is 1. The molecule has 7 rings (SSSR count). The van der Waals surface area contributed by atoms with Gasteiger partial charge in [0.15, 0.2) is 0 Å². The number of benzene rings is 3. The maximum Gasteiger partial charge on any atom is 0.331 e. The maximum absolute atomic E-state index is 14.1. The van der Waals surface area contributed by atoms with Gasteiger partial charge in [-0.25, -0.2) is 22.6 Å². The lowest BCUT2D eigenvalue weighted by molar-refractivity contribution is 0.0964. The highest BCUT2D eigenvalue weighted by Crippen LogP contribution is 2.41. The molecule has 2 N–H and O–H groups in total. The third-order valence-corrected chi connectivity index (χ3v) is 9.22. The summed E-state index contributed by atoms with van der Waals surface area (Å²) in [4.78, 5) is 34.0. The van der Waals surface area contributed by atoms with Crippen LogP contribution in [0.3, 0.4) is 0 Å². The molecule has 0 saturated carbocycles. The van der Waals surface area contributed by atoms with Crippen molar-refractivity contribution in [1.82, 2.24) is 19.7 Å². The fourth-order valence-corrected chi connectivity index (χ4v) is 6.20. The monoisotopic (exact) mass is 623 g/mol. The van der Waals surface area contributed by atoms with E-state index in [1.54, 1.807) is 30.3 Å². The molecule has 0 aliphatic heterocycles. The largest absolute Gasteiger partial charge is 0.455 e. The molecule has 0 saturated heterocycles. The first kappa shape index (κ1) is 28.3. The Kier molecular flexibility index (Phi) is 6.30. The van der Waals surface area contributed by atoms with Gasteiger partial charge >= 0.3 is 5.69 Å². The molecule has 0 atom stereocenters. The van der Waals surface area contributed by atoms with Crippen molar-refractivity contribution in [3.05, 3.63) is 100 Å². The van der Waals surface area contributed by atoms with Crippen molar-refractivity contribution in [2.75, 3.05) is 24.7 Å². The molecular formula is C33H26FN5O5S. The highest BCUT2D eigenvalue weighted by atomic mass is 32.2. The zero-order chi connectivity index (χ0) is 31.8. The maximum atomic E-state index is 14.1. The van der Waals surface area contributed by atoms with Gasteiger partial charge < -0.3 is 14.7 Å². The summed E-state index contributed by atoms with van der Waals surface area (Å²) >= 11 is 0. The van der Waals surface area contributed by atoms with E-state index in [0.717, 1.165) is 16.1 Å². The Morgan fingerprint density at radius 1 is 1.02 bits per heavy atom. The van der Waals surface area contributed by atoms with Crippen LogP contribution in [0.5, 0.6) is 0 Å². The predicted molar refractivity (Wildman–Crippen MR) is 173 cm³/mol. The molecule has 1 amide bonds. The minimum Gasteiger partial charge on any atom is -0.455 e. The van der Waals surface area contributed by atoms with Crippen LogP contribution in [0.25, 0.3) is 61.0 Å². The molecule has 10 nitrogen and oxygen atoms in total. The Morgan fingerprint density at radius 3 is 2.49 bits per heavy atom. The van der Waals surface area contributed by atoms with Crippen LogP contribution in [0.4, 0.5) is 10.1 Å². The molecular weight excluding hydrogens is 597 g/mol.